The molecule has 0 radical (unpaired) electrons. The first-order valence-electron chi connectivity index (χ1n) is 10.7. The molecule has 37 heavy (non-hydrogen) atoms. The van der Waals surface area contributed by atoms with Crippen LogP contribution in [0.5, 0.6) is 0 Å². The molecule has 0 bridgehead atoms. The molecule has 0 aromatic heterocycles. The highest BCUT2D eigenvalue weighted by Crippen LogP contribution is 2.29. The fraction of sp³-hybridized carbons (Fsp3) is 0. The average molecular weight is 517 g/mol. The van der Waals surface area contributed by atoms with Gasteiger partial charge in [-0.3, -0.25) is 14.4 Å². The molecule has 0 aliphatic rings. The SMILES string of the molecule is O=C(O)/C=C/C(=O)Nc1ccc(Sc2ccc(C(=O)c3ccc(NC(=O)/C=C/C(=O)O)cc3)cc2)cc1. The van der Waals surface area contributed by atoms with Crippen molar-refractivity contribution in [2.75, 3.05) is 10.6 Å². The highest BCUT2D eigenvalue weighted by Gasteiger charge is 2.10. The number of benzene rings is 3. The summed E-state index contributed by atoms with van der Waals surface area (Å²) in [5, 5.41) is 22.2. The predicted molar refractivity (Wildman–Crippen MR) is 138 cm³/mol. The number of hydrogen-bond acceptors (Lipinski definition) is 6. The van der Waals surface area contributed by atoms with Crippen LogP contribution in [0.25, 0.3) is 0 Å². The van der Waals surface area contributed by atoms with E-state index in [0.29, 0.717) is 22.5 Å². The van der Waals surface area contributed by atoms with Gasteiger partial charge < -0.3 is 20.8 Å². The van der Waals surface area contributed by atoms with Crippen LogP contribution in [0.4, 0.5) is 11.4 Å². The van der Waals surface area contributed by atoms with E-state index in [0.717, 1.165) is 34.1 Å². The molecular formula is C27H20N2O7S. The Bertz CT molecular complexity index is 1380. The molecule has 0 aliphatic heterocycles. The van der Waals surface area contributed by atoms with Crippen LogP contribution in [-0.4, -0.2) is 39.7 Å². The Labute approximate surface area is 215 Å². The second kappa shape index (κ2) is 12.7. The summed E-state index contributed by atoms with van der Waals surface area (Å²) >= 11 is 1.46. The summed E-state index contributed by atoms with van der Waals surface area (Å²) in [4.78, 5) is 58.8. The molecule has 3 aromatic rings. The van der Waals surface area contributed by atoms with E-state index < -0.39 is 23.8 Å². The van der Waals surface area contributed by atoms with Gasteiger partial charge in [-0.2, -0.15) is 0 Å². The molecule has 186 valence electrons. The van der Waals surface area contributed by atoms with Crippen molar-refractivity contribution in [1.82, 2.24) is 0 Å². The maximum absolute atomic E-state index is 12.8. The number of anilines is 2. The lowest BCUT2D eigenvalue weighted by Gasteiger charge is -2.07. The van der Waals surface area contributed by atoms with Crippen molar-refractivity contribution >= 4 is 52.7 Å². The number of rotatable bonds is 10. The van der Waals surface area contributed by atoms with Crippen molar-refractivity contribution in [3.05, 3.63) is 108 Å². The first-order chi connectivity index (χ1) is 17.7. The van der Waals surface area contributed by atoms with E-state index in [1.807, 2.05) is 12.1 Å². The Hall–Kier alpha value is -4.96. The van der Waals surface area contributed by atoms with Gasteiger partial charge in [0.2, 0.25) is 11.8 Å². The zero-order valence-electron chi connectivity index (χ0n) is 19.1. The molecule has 0 saturated carbocycles. The zero-order chi connectivity index (χ0) is 26.8. The third-order valence-electron chi connectivity index (χ3n) is 4.64. The Kier molecular flexibility index (Phi) is 9.11. The first kappa shape index (κ1) is 26.6. The zero-order valence-corrected chi connectivity index (χ0v) is 19.9. The van der Waals surface area contributed by atoms with Crippen LogP contribution in [0.2, 0.25) is 0 Å². The van der Waals surface area contributed by atoms with Crippen LogP contribution >= 0.6 is 11.8 Å². The molecule has 0 atom stereocenters. The van der Waals surface area contributed by atoms with Gasteiger partial charge >= 0.3 is 11.9 Å². The number of carboxylic acids is 2. The maximum Gasteiger partial charge on any atom is 0.328 e. The average Bonchev–Trinajstić information content (AvgIpc) is 2.88. The van der Waals surface area contributed by atoms with Gasteiger partial charge in [0.1, 0.15) is 0 Å². The van der Waals surface area contributed by atoms with E-state index in [9.17, 15) is 24.0 Å². The Morgan fingerprint density at radius 3 is 1.30 bits per heavy atom. The van der Waals surface area contributed by atoms with E-state index in [2.05, 4.69) is 10.6 Å². The van der Waals surface area contributed by atoms with Gasteiger partial charge in [-0.1, -0.05) is 11.8 Å². The quantitative estimate of drug-likeness (QED) is 0.231. The molecule has 4 N–H and O–H groups in total. The van der Waals surface area contributed by atoms with Crippen LogP contribution < -0.4 is 10.6 Å². The van der Waals surface area contributed by atoms with E-state index in [4.69, 9.17) is 10.2 Å². The fourth-order valence-corrected chi connectivity index (χ4v) is 3.77. The first-order valence-corrected chi connectivity index (χ1v) is 11.5. The smallest absolute Gasteiger partial charge is 0.328 e. The van der Waals surface area contributed by atoms with Crippen LogP contribution in [0.1, 0.15) is 15.9 Å². The normalized spacial score (nSPS) is 10.8. The number of nitrogens with one attached hydrogen (secondary N) is 2. The molecular weight excluding hydrogens is 496 g/mol. The van der Waals surface area contributed by atoms with Crippen molar-refractivity contribution in [2.45, 2.75) is 9.79 Å². The summed E-state index contributed by atoms with van der Waals surface area (Å²) in [7, 11) is 0. The van der Waals surface area contributed by atoms with Crippen molar-refractivity contribution in [3.8, 4) is 0 Å². The molecule has 3 rings (SSSR count). The standard InChI is InChI=1S/C27H20N2O7S/c30-23(13-15-25(32)33)28-19-5-1-17(2-6-19)27(36)18-3-9-21(10-4-18)37-22-11-7-20(8-12-22)29-24(31)14-16-26(34)35/h1-16H,(H,28,30)(H,29,31)(H,32,33)(H,34,35)/b15-13+,16-14+. The van der Waals surface area contributed by atoms with E-state index in [1.54, 1.807) is 60.7 Å². The number of carbonyl (C=O) groups excluding carboxylic acids is 3. The molecule has 0 heterocycles. The summed E-state index contributed by atoms with van der Waals surface area (Å²) in [6.07, 6.45) is 3.32. The Balaban J connectivity index is 1.57. The molecule has 0 aliphatic carbocycles. The third kappa shape index (κ3) is 8.64. The minimum Gasteiger partial charge on any atom is -0.478 e. The number of hydrogen-bond donors (Lipinski definition) is 4. The summed E-state index contributed by atoms with van der Waals surface area (Å²) in [6.45, 7) is 0. The largest absolute Gasteiger partial charge is 0.478 e. The number of ketones is 1. The van der Waals surface area contributed by atoms with Crippen molar-refractivity contribution in [2.24, 2.45) is 0 Å². The second-order valence-electron chi connectivity index (χ2n) is 7.38. The van der Waals surface area contributed by atoms with Crippen molar-refractivity contribution in [3.63, 3.8) is 0 Å². The predicted octanol–water partition coefficient (Wildman–Crippen LogP) is 4.23. The van der Waals surface area contributed by atoms with Crippen LogP contribution in [0.3, 0.4) is 0 Å². The summed E-state index contributed by atoms with van der Waals surface area (Å²) in [6, 6.07) is 20.3. The topological polar surface area (TPSA) is 150 Å². The Morgan fingerprint density at radius 2 is 0.892 bits per heavy atom. The summed E-state index contributed by atoms with van der Waals surface area (Å²) < 4.78 is 0. The van der Waals surface area contributed by atoms with E-state index >= 15 is 0 Å². The molecule has 0 spiro atoms. The van der Waals surface area contributed by atoms with Crippen molar-refractivity contribution in [1.29, 1.82) is 0 Å². The summed E-state index contributed by atoms with van der Waals surface area (Å²) in [5.41, 5.74) is 1.85. The molecule has 9 nitrogen and oxygen atoms in total. The van der Waals surface area contributed by atoms with Crippen LogP contribution in [0, 0.1) is 0 Å². The number of aliphatic carboxylic acids is 2. The van der Waals surface area contributed by atoms with E-state index in [1.165, 1.54) is 11.8 Å². The number of carbonyl (C=O) groups is 5. The molecule has 10 heteroatoms. The molecule has 2 amide bonds. The lowest BCUT2D eigenvalue weighted by atomic mass is 10.0. The van der Waals surface area contributed by atoms with Gasteiger partial charge in [-0.15, -0.1) is 0 Å². The molecule has 0 unspecified atom stereocenters. The maximum atomic E-state index is 12.8. The van der Waals surface area contributed by atoms with Crippen LogP contribution in [0.15, 0.2) is 107 Å². The lowest BCUT2D eigenvalue weighted by molar-refractivity contribution is -0.132. The minimum absolute atomic E-state index is 0.197. The fourth-order valence-electron chi connectivity index (χ4n) is 2.95. The minimum atomic E-state index is -1.23. The van der Waals surface area contributed by atoms with Gasteiger partial charge in [0.25, 0.3) is 0 Å². The van der Waals surface area contributed by atoms with Gasteiger partial charge in [0.05, 0.1) is 0 Å². The van der Waals surface area contributed by atoms with Gasteiger partial charge in [0.15, 0.2) is 5.78 Å². The molecule has 0 saturated heterocycles. The molecule has 3 aromatic carbocycles. The molecule has 0 fully saturated rings. The highest BCUT2D eigenvalue weighted by atomic mass is 32.2. The summed E-state index contributed by atoms with van der Waals surface area (Å²) in [5.74, 6) is -3.77. The van der Waals surface area contributed by atoms with Gasteiger partial charge in [-0.05, 0) is 72.8 Å². The monoisotopic (exact) mass is 516 g/mol. The van der Waals surface area contributed by atoms with E-state index in [-0.39, 0.29) is 5.78 Å². The lowest BCUT2D eigenvalue weighted by Crippen LogP contribution is -2.09. The Morgan fingerprint density at radius 1 is 0.541 bits per heavy atom. The van der Waals surface area contributed by atoms with Crippen LogP contribution in [-0.2, 0) is 19.2 Å². The van der Waals surface area contributed by atoms with Gasteiger partial charge in [-0.25, -0.2) is 9.59 Å². The number of amides is 2. The highest BCUT2D eigenvalue weighted by molar-refractivity contribution is 7.99. The van der Waals surface area contributed by atoms with Gasteiger partial charge in [0, 0.05) is 56.6 Å². The number of carboxylic acid groups (broad SMARTS) is 2. The second-order valence-corrected chi connectivity index (χ2v) is 8.53. The van der Waals surface area contributed by atoms with Crippen molar-refractivity contribution < 1.29 is 34.2 Å². The third-order valence-corrected chi connectivity index (χ3v) is 5.66.